The molecule has 3 N–H and O–H groups in total. The van der Waals surface area contributed by atoms with E-state index >= 15 is 0 Å². The minimum absolute atomic E-state index is 0.577. The number of aromatic nitrogens is 2. The molecule has 1 saturated carbocycles. The third kappa shape index (κ3) is 4.59. The smallest absolute Gasteiger partial charge is 0.229 e. The third-order valence-electron chi connectivity index (χ3n) is 4.21. The van der Waals surface area contributed by atoms with Gasteiger partial charge in [0, 0.05) is 24.5 Å². The zero-order valence-electron chi connectivity index (χ0n) is 15.1. The summed E-state index contributed by atoms with van der Waals surface area (Å²) in [6.07, 6.45) is 4.54. The molecule has 0 amide bonds. The molecule has 25 heavy (non-hydrogen) atoms. The largest absolute Gasteiger partial charge is 0.375 e. The van der Waals surface area contributed by atoms with Crippen molar-refractivity contribution in [1.82, 2.24) is 15.3 Å². The number of allylic oxidation sites excluding steroid dienone is 2. The van der Waals surface area contributed by atoms with E-state index in [9.17, 15) is 0 Å². The second-order valence-electron chi connectivity index (χ2n) is 6.44. The molecule has 0 radical (unpaired) electrons. The summed E-state index contributed by atoms with van der Waals surface area (Å²) in [6.45, 7) is 8.16. The Labute approximate surface area is 149 Å². The van der Waals surface area contributed by atoms with Gasteiger partial charge in [0.05, 0.1) is 0 Å². The van der Waals surface area contributed by atoms with Crippen molar-refractivity contribution < 1.29 is 0 Å². The molecule has 0 saturated heterocycles. The van der Waals surface area contributed by atoms with E-state index in [4.69, 9.17) is 0 Å². The van der Waals surface area contributed by atoms with E-state index in [1.165, 1.54) is 12.8 Å². The van der Waals surface area contributed by atoms with Crippen LogP contribution in [0.25, 0.3) is 0 Å². The molecule has 3 rings (SSSR count). The fraction of sp³-hybridized carbons (Fsp3) is 0.300. The highest BCUT2D eigenvalue weighted by molar-refractivity contribution is 5.59. The van der Waals surface area contributed by atoms with Gasteiger partial charge in [-0.3, -0.25) is 0 Å². The van der Waals surface area contributed by atoms with E-state index < -0.39 is 0 Å². The Morgan fingerprint density at radius 2 is 1.96 bits per heavy atom. The number of nitrogens with one attached hydrogen (secondary N) is 3. The third-order valence-corrected chi connectivity index (χ3v) is 4.21. The first kappa shape index (κ1) is 17.0. The molecular formula is C20H25N5. The fourth-order valence-corrected chi connectivity index (χ4v) is 2.59. The number of anilines is 3. The first-order chi connectivity index (χ1) is 12.0. The molecule has 1 fully saturated rings. The standard InChI is InChI=1S/C20H25N5/c1-13-7-5-6-8-17(13)23-20-22-15(3)12-19(25-20)24-18(21-4)11-14(2)16-9-10-16/h5-8,11-12,16,21H,2,9-10H2,1,3-4H3,(H2,22,23,24,25)/b18-11+. The second-order valence-corrected chi connectivity index (χ2v) is 6.44. The van der Waals surface area contributed by atoms with Gasteiger partial charge >= 0.3 is 0 Å². The first-order valence-electron chi connectivity index (χ1n) is 8.59. The zero-order valence-corrected chi connectivity index (χ0v) is 15.1. The molecule has 1 aromatic heterocycles. The van der Waals surface area contributed by atoms with Gasteiger partial charge in [0.25, 0.3) is 0 Å². The van der Waals surface area contributed by atoms with E-state index in [0.29, 0.717) is 11.9 Å². The highest BCUT2D eigenvalue weighted by Crippen LogP contribution is 2.36. The maximum atomic E-state index is 4.58. The highest BCUT2D eigenvalue weighted by atomic mass is 15.2. The molecule has 0 unspecified atom stereocenters. The van der Waals surface area contributed by atoms with Gasteiger partial charge in [0.15, 0.2) is 0 Å². The Balaban J connectivity index is 1.78. The van der Waals surface area contributed by atoms with Crippen LogP contribution in [0, 0.1) is 19.8 Å². The number of hydrogen-bond acceptors (Lipinski definition) is 5. The number of nitrogens with zero attached hydrogens (tertiary/aromatic N) is 2. The lowest BCUT2D eigenvalue weighted by Gasteiger charge is -2.13. The van der Waals surface area contributed by atoms with Crippen molar-refractivity contribution in [2.45, 2.75) is 26.7 Å². The number of rotatable bonds is 7. The topological polar surface area (TPSA) is 61.9 Å². The maximum absolute atomic E-state index is 4.58. The van der Waals surface area contributed by atoms with Gasteiger partial charge in [-0.25, -0.2) is 4.98 Å². The molecule has 0 bridgehead atoms. The molecule has 2 aromatic rings. The summed E-state index contributed by atoms with van der Waals surface area (Å²) in [5.41, 5.74) is 4.20. The number of para-hydroxylation sites is 1. The average Bonchev–Trinajstić information content (AvgIpc) is 3.41. The van der Waals surface area contributed by atoms with Crippen molar-refractivity contribution >= 4 is 17.5 Å². The van der Waals surface area contributed by atoms with Crippen LogP contribution >= 0.6 is 0 Å². The van der Waals surface area contributed by atoms with E-state index in [1.807, 2.05) is 38.2 Å². The zero-order chi connectivity index (χ0) is 17.8. The van der Waals surface area contributed by atoms with Gasteiger partial charge < -0.3 is 16.0 Å². The van der Waals surface area contributed by atoms with Crippen LogP contribution in [0.5, 0.6) is 0 Å². The quantitative estimate of drug-likeness (QED) is 0.659. The summed E-state index contributed by atoms with van der Waals surface area (Å²) in [4.78, 5) is 9.06. The molecule has 1 aromatic carbocycles. The van der Waals surface area contributed by atoms with Crippen LogP contribution in [0.15, 0.2) is 54.4 Å². The minimum atomic E-state index is 0.577. The summed E-state index contributed by atoms with van der Waals surface area (Å²) < 4.78 is 0. The second kappa shape index (κ2) is 7.38. The van der Waals surface area contributed by atoms with E-state index in [-0.39, 0.29) is 0 Å². The Kier molecular flexibility index (Phi) is 5.03. The lowest BCUT2D eigenvalue weighted by atomic mass is 10.2. The molecule has 5 nitrogen and oxygen atoms in total. The maximum Gasteiger partial charge on any atom is 0.229 e. The predicted molar refractivity (Wildman–Crippen MR) is 104 cm³/mol. The van der Waals surface area contributed by atoms with Crippen molar-refractivity contribution in [3.8, 4) is 0 Å². The Morgan fingerprint density at radius 3 is 2.64 bits per heavy atom. The van der Waals surface area contributed by atoms with E-state index in [1.54, 1.807) is 0 Å². The molecule has 0 atom stereocenters. The summed E-state index contributed by atoms with van der Waals surface area (Å²) >= 11 is 0. The monoisotopic (exact) mass is 335 g/mol. The van der Waals surface area contributed by atoms with E-state index in [2.05, 4.69) is 51.6 Å². The van der Waals surface area contributed by atoms with Gasteiger partial charge in [-0.05, 0) is 55.9 Å². The summed E-state index contributed by atoms with van der Waals surface area (Å²) in [5, 5.41) is 9.79. The molecule has 5 heteroatoms. The Bertz CT molecular complexity index is 805. The number of aryl methyl sites for hydroxylation is 2. The predicted octanol–water partition coefficient (Wildman–Crippen LogP) is 4.28. The van der Waals surface area contributed by atoms with Crippen LogP contribution < -0.4 is 16.0 Å². The molecular weight excluding hydrogens is 310 g/mol. The van der Waals surface area contributed by atoms with Crippen molar-refractivity contribution in [1.29, 1.82) is 0 Å². The van der Waals surface area contributed by atoms with Gasteiger partial charge in [-0.15, -0.1) is 0 Å². The van der Waals surface area contributed by atoms with Crippen LogP contribution in [0.1, 0.15) is 24.1 Å². The normalized spacial score (nSPS) is 14.1. The van der Waals surface area contributed by atoms with Gasteiger partial charge in [-0.1, -0.05) is 24.8 Å². The molecule has 1 aliphatic rings. The molecule has 0 spiro atoms. The van der Waals surface area contributed by atoms with Crippen LogP contribution in [-0.4, -0.2) is 17.0 Å². The van der Waals surface area contributed by atoms with Crippen LogP contribution in [0.3, 0.4) is 0 Å². The molecule has 1 heterocycles. The Morgan fingerprint density at radius 1 is 1.20 bits per heavy atom. The first-order valence-corrected chi connectivity index (χ1v) is 8.59. The highest BCUT2D eigenvalue weighted by Gasteiger charge is 2.23. The summed E-state index contributed by atoms with van der Waals surface area (Å²) in [6, 6.07) is 10.0. The van der Waals surface area contributed by atoms with Crippen molar-refractivity contribution in [3.05, 3.63) is 65.6 Å². The number of benzene rings is 1. The lowest BCUT2D eigenvalue weighted by Crippen LogP contribution is -2.16. The lowest BCUT2D eigenvalue weighted by molar-refractivity contribution is 0.962. The molecule has 130 valence electrons. The van der Waals surface area contributed by atoms with Crippen molar-refractivity contribution in [3.63, 3.8) is 0 Å². The SMILES string of the molecule is C=C(/C=C(\NC)Nc1cc(C)nc(Nc2ccccc2C)n1)C1CC1. The van der Waals surface area contributed by atoms with Gasteiger partial charge in [0.1, 0.15) is 11.6 Å². The van der Waals surface area contributed by atoms with Crippen LogP contribution in [0.2, 0.25) is 0 Å². The summed E-state index contributed by atoms with van der Waals surface area (Å²) in [5.74, 6) is 2.84. The Hall–Kier alpha value is -2.82. The molecule has 0 aliphatic heterocycles. The number of hydrogen-bond donors (Lipinski definition) is 3. The summed E-state index contributed by atoms with van der Waals surface area (Å²) in [7, 11) is 1.89. The molecule has 1 aliphatic carbocycles. The minimum Gasteiger partial charge on any atom is -0.375 e. The van der Waals surface area contributed by atoms with E-state index in [0.717, 1.165) is 34.2 Å². The van der Waals surface area contributed by atoms with Crippen LogP contribution in [0.4, 0.5) is 17.5 Å². The van der Waals surface area contributed by atoms with Crippen LogP contribution in [-0.2, 0) is 0 Å². The van der Waals surface area contributed by atoms with Gasteiger partial charge in [-0.2, -0.15) is 4.98 Å². The average molecular weight is 335 g/mol. The van der Waals surface area contributed by atoms with Crippen molar-refractivity contribution in [2.75, 3.05) is 17.7 Å². The van der Waals surface area contributed by atoms with Crippen molar-refractivity contribution in [2.24, 2.45) is 5.92 Å². The van der Waals surface area contributed by atoms with Gasteiger partial charge in [0.2, 0.25) is 5.95 Å². The fourth-order valence-electron chi connectivity index (χ4n) is 2.59.